The van der Waals surface area contributed by atoms with Gasteiger partial charge in [-0.05, 0) is 19.1 Å². The molecule has 1 rings (SSSR count). The molecule has 0 aliphatic rings. The maximum atomic E-state index is 13.2. The van der Waals surface area contributed by atoms with Crippen molar-refractivity contribution < 1.29 is 4.39 Å². The third kappa shape index (κ3) is 1.97. The van der Waals surface area contributed by atoms with Crippen LogP contribution in [-0.4, -0.2) is 0 Å². The minimum atomic E-state index is -0.371. The molecule has 1 aromatic carbocycles. The molecule has 66 valence electrons. The molecule has 0 spiro atoms. The summed E-state index contributed by atoms with van der Waals surface area (Å²) < 4.78 is 13.8. The van der Waals surface area contributed by atoms with Crippen LogP contribution in [0.1, 0.15) is 18.5 Å². The normalized spacial score (nSPS) is 13.1. The monoisotopic (exact) mass is 251 g/mol. The molecule has 1 unspecified atom stereocenters. The summed E-state index contributed by atoms with van der Waals surface area (Å²) in [5, 5.41) is 0.365. The van der Waals surface area contributed by atoms with E-state index in [4.69, 9.17) is 17.3 Å². The predicted molar refractivity (Wildman–Crippen MR) is 51.7 cm³/mol. The highest BCUT2D eigenvalue weighted by Crippen LogP contribution is 2.28. The minimum Gasteiger partial charge on any atom is -0.324 e. The molecule has 4 heteroatoms. The van der Waals surface area contributed by atoms with E-state index in [9.17, 15) is 4.39 Å². The van der Waals surface area contributed by atoms with Crippen LogP contribution in [0, 0.1) is 5.82 Å². The van der Waals surface area contributed by atoms with Crippen LogP contribution in [0.25, 0.3) is 0 Å². The largest absolute Gasteiger partial charge is 0.324 e. The topological polar surface area (TPSA) is 26.0 Å². The van der Waals surface area contributed by atoms with Gasteiger partial charge in [-0.3, -0.25) is 0 Å². The van der Waals surface area contributed by atoms with Crippen molar-refractivity contribution >= 4 is 27.5 Å². The van der Waals surface area contributed by atoms with E-state index >= 15 is 0 Å². The van der Waals surface area contributed by atoms with E-state index < -0.39 is 0 Å². The maximum Gasteiger partial charge on any atom is 0.130 e. The molecule has 2 N–H and O–H groups in total. The average Bonchev–Trinajstić information content (AvgIpc) is 1.82. The Balaban J connectivity index is 3.28. The number of hydrogen-bond donors (Lipinski definition) is 1. The van der Waals surface area contributed by atoms with Gasteiger partial charge in [0, 0.05) is 21.1 Å². The van der Waals surface area contributed by atoms with Gasteiger partial charge < -0.3 is 5.73 Å². The van der Waals surface area contributed by atoms with Crippen molar-refractivity contribution in [3.63, 3.8) is 0 Å². The molecule has 1 nitrogen and oxygen atoms in total. The highest BCUT2D eigenvalue weighted by Gasteiger charge is 2.11. The molecule has 1 atom stereocenters. The van der Waals surface area contributed by atoms with Gasteiger partial charge in [-0.25, -0.2) is 4.39 Å². The Morgan fingerprint density at radius 3 is 2.58 bits per heavy atom. The van der Waals surface area contributed by atoms with E-state index in [1.165, 1.54) is 6.07 Å². The summed E-state index contributed by atoms with van der Waals surface area (Å²) in [4.78, 5) is 0. The first-order chi connectivity index (χ1) is 5.52. The van der Waals surface area contributed by atoms with Gasteiger partial charge in [0.05, 0.1) is 0 Å². The van der Waals surface area contributed by atoms with Crippen LogP contribution in [-0.2, 0) is 0 Å². The molecule has 0 saturated carbocycles. The van der Waals surface area contributed by atoms with Gasteiger partial charge in [0.1, 0.15) is 5.82 Å². The van der Waals surface area contributed by atoms with E-state index in [0.717, 1.165) is 0 Å². The summed E-state index contributed by atoms with van der Waals surface area (Å²) in [5.74, 6) is -0.371. The zero-order valence-electron chi connectivity index (χ0n) is 6.44. The van der Waals surface area contributed by atoms with Gasteiger partial charge in [0.2, 0.25) is 0 Å². The molecular weight excluding hydrogens is 244 g/mol. The van der Waals surface area contributed by atoms with Crippen LogP contribution in [0.3, 0.4) is 0 Å². The smallest absolute Gasteiger partial charge is 0.130 e. The lowest BCUT2D eigenvalue weighted by Crippen LogP contribution is -2.08. The van der Waals surface area contributed by atoms with Crippen LogP contribution in [0.5, 0.6) is 0 Å². The Morgan fingerprint density at radius 1 is 1.58 bits per heavy atom. The summed E-state index contributed by atoms with van der Waals surface area (Å²) in [6.45, 7) is 1.72. The number of nitrogens with two attached hydrogens (primary N) is 1. The fraction of sp³-hybridized carbons (Fsp3) is 0.250. The first-order valence-electron chi connectivity index (χ1n) is 3.42. The predicted octanol–water partition coefficient (Wildman–Crippen LogP) is 3.26. The standard InChI is InChI=1S/C8H8BrClFN/c1-4(12)8-6(9)2-5(10)3-7(8)11/h2-4H,12H2,1H3. The fourth-order valence-electron chi connectivity index (χ4n) is 0.988. The molecule has 0 aliphatic carbocycles. The zero-order valence-corrected chi connectivity index (χ0v) is 8.79. The summed E-state index contributed by atoms with van der Waals surface area (Å²) in [6.07, 6.45) is 0. The van der Waals surface area contributed by atoms with Crippen LogP contribution in [0.15, 0.2) is 16.6 Å². The van der Waals surface area contributed by atoms with E-state index in [-0.39, 0.29) is 11.9 Å². The Bertz CT molecular complexity index is 278. The molecule has 0 aromatic heterocycles. The number of hydrogen-bond acceptors (Lipinski definition) is 1. The van der Waals surface area contributed by atoms with E-state index in [1.807, 2.05) is 0 Å². The summed E-state index contributed by atoms with van der Waals surface area (Å²) in [5.41, 5.74) is 6.01. The number of rotatable bonds is 1. The molecule has 0 saturated heterocycles. The fourth-order valence-corrected chi connectivity index (χ4v) is 2.12. The zero-order chi connectivity index (χ0) is 9.30. The van der Waals surface area contributed by atoms with Crippen molar-refractivity contribution in [3.05, 3.63) is 33.0 Å². The van der Waals surface area contributed by atoms with Crippen molar-refractivity contribution in [2.24, 2.45) is 5.73 Å². The van der Waals surface area contributed by atoms with Gasteiger partial charge in [-0.1, -0.05) is 27.5 Å². The van der Waals surface area contributed by atoms with Crippen molar-refractivity contribution in [1.82, 2.24) is 0 Å². The summed E-state index contributed by atoms with van der Waals surface area (Å²) >= 11 is 8.81. The minimum absolute atomic E-state index is 0.336. The molecule has 12 heavy (non-hydrogen) atoms. The SMILES string of the molecule is CC(N)c1c(F)cc(Cl)cc1Br. The third-order valence-electron chi connectivity index (χ3n) is 1.50. The first-order valence-corrected chi connectivity index (χ1v) is 4.59. The van der Waals surface area contributed by atoms with Gasteiger partial charge in [0.15, 0.2) is 0 Å². The van der Waals surface area contributed by atoms with Gasteiger partial charge in [-0.2, -0.15) is 0 Å². The number of benzene rings is 1. The average molecular weight is 253 g/mol. The molecule has 1 aromatic rings. The van der Waals surface area contributed by atoms with E-state index in [0.29, 0.717) is 15.1 Å². The Hall–Kier alpha value is -0.120. The van der Waals surface area contributed by atoms with Crippen molar-refractivity contribution in [1.29, 1.82) is 0 Å². The Morgan fingerprint density at radius 2 is 2.17 bits per heavy atom. The third-order valence-corrected chi connectivity index (χ3v) is 2.37. The molecule has 0 fully saturated rings. The van der Waals surface area contributed by atoms with Crippen LogP contribution in [0.2, 0.25) is 5.02 Å². The van der Waals surface area contributed by atoms with Crippen LogP contribution in [0.4, 0.5) is 4.39 Å². The molecule has 0 radical (unpaired) electrons. The Labute approximate surface area is 83.8 Å². The van der Waals surface area contributed by atoms with E-state index in [1.54, 1.807) is 13.0 Å². The molecule has 0 aliphatic heterocycles. The van der Waals surface area contributed by atoms with Crippen molar-refractivity contribution in [2.45, 2.75) is 13.0 Å². The second-order valence-electron chi connectivity index (χ2n) is 2.57. The molecule has 0 bridgehead atoms. The van der Waals surface area contributed by atoms with Gasteiger partial charge in [-0.15, -0.1) is 0 Å². The lowest BCUT2D eigenvalue weighted by Gasteiger charge is -2.09. The highest BCUT2D eigenvalue weighted by atomic mass is 79.9. The van der Waals surface area contributed by atoms with E-state index in [2.05, 4.69) is 15.9 Å². The quantitative estimate of drug-likeness (QED) is 0.816. The Kier molecular flexibility index (Phi) is 3.09. The lowest BCUT2D eigenvalue weighted by atomic mass is 10.1. The second-order valence-corrected chi connectivity index (χ2v) is 3.86. The lowest BCUT2D eigenvalue weighted by molar-refractivity contribution is 0.592. The second kappa shape index (κ2) is 3.73. The number of halogens is 3. The molecule has 0 heterocycles. The molecular formula is C8H8BrClFN. The van der Waals surface area contributed by atoms with Gasteiger partial charge >= 0.3 is 0 Å². The summed E-state index contributed by atoms with van der Waals surface area (Å²) in [7, 11) is 0. The van der Waals surface area contributed by atoms with Crippen LogP contribution >= 0.6 is 27.5 Å². The molecule has 0 amide bonds. The van der Waals surface area contributed by atoms with Crippen molar-refractivity contribution in [3.8, 4) is 0 Å². The van der Waals surface area contributed by atoms with Gasteiger partial charge in [0.25, 0.3) is 0 Å². The maximum absolute atomic E-state index is 13.2. The highest BCUT2D eigenvalue weighted by molar-refractivity contribution is 9.10. The van der Waals surface area contributed by atoms with Crippen LogP contribution < -0.4 is 5.73 Å². The first kappa shape index (κ1) is 9.96. The van der Waals surface area contributed by atoms with Crippen molar-refractivity contribution in [2.75, 3.05) is 0 Å². The summed E-state index contributed by atoms with van der Waals surface area (Å²) in [6, 6.07) is 2.55.